The van der Waals surface area contributed by atoms with Gasteiger partial charge in [-0.05, 0) is 47.9 Å². The summed E-state index contributed by atoms with van der Waals surface area (Å²) in [5, 5.41) is 0. The minimum absolute atomic E-state index is 0.00782. The van der Waals surface area contributed by atoms with Gasteiger partial charge in [-0.15, -0.1) is 0 Å². The summed E-state index contributed by atoms with van der Waals surface area (Å²) < 4.78 is 38.8. The molecule has 3 aromatic carbocycles. The molecule has 2 aliphatic heterocycles. The van der Waals surface area contributed by atoms with Crippen LogP contribution in [0.2, 0.25) is 0 Å². The molecule has 0 saturated carbocycles. The molecule has 0 radical (unpaired) electrons. The molecule has 2 aliphatic rings. The third-order valence-corrected chi connectivity index (χ3v) is 7.67. The molecule has 44 heavy (non-hydrogen) atoms. The minimum atomic E-state index is -1.28. The van der Waals surface area contributed by atoms with Crippen molar-refractivity contribution in [2.24, 2.45) is 5.92 Å². The molecule has 2 amide bonds. The van der Waals surface area contributed by atoms with Crippen LogP contribution >= 0.6 is 0 Å². The van der Waals surface area contributed by atoms with Gasteiger partial charge in [0.15, 0.2) is 23.0 Å². The largest absolute Gasteiger partial charge is 0.493 e. The number of hydrogen-bond donors (Lipinski definition) is 0. The summed E-state index contributed by atoms with van der Waals surface area (Å²) in [5.41, 5.74) is 1.81. The Hall–Kier alpha value is -5.19. The van der Waals surface area contributed by atoms with Crippen molar-refractivity contribution in [1.29, 1.82) is 0 Å². The maximum Gasteiger partial charge on any atom is 0.417 e. The number of cyclic esters (lactones) is 1. The Balaban J connectivity index is 1.66. The van der Waals surface area contributed by atoms with Crippen molar-refractivity contribution in [3.8, 4) is 23.0 Å². The number of amides is 2. The second-order valence-electron chi connectivity index (χ2n) is 10.1. The van der Waals surface area contributed by atoms with E-state index in [4.69, 9.17) is 33.2 Å². The van der Waals surface area contributed by atoms with Gasteiger partial charge in [-0.3, -0.25) is 4.79 Å². The highest BCUT2D eigenvalue weighted by Crippen LogP contribution is 2.49. The summed E-state index contributed by atoms with van der Waals surface area (Å²) in [6, 6.07) is 18.9. The summed E-state index contributed by atoms with van der Waals surface area (Å²) >= 11 is 0. The Bertz CT molecular complexity index is 1580. The molecule has 1 saturated heterocycles. The molecular formula is C33H33NO10. The molecule has 1 fully saturated rings. The quantitative estimate of drug-likeness (QED) is 0.305. The van der Waals surface area contributed by atoms with E-state index in [-0.39, 0.29) is 17.9 Å². The Morgan fingerprint density at radius 1 is 0.818 bits per heavy atom. The lowest BCUT2D eigenvalue weighted by Gasteiger charge is -2.27. The van der Waals surface area contributed by atoms with E-state index in [1.807, 2.05) is 30.3 Å². The van der Waals surface area contributed by atoms with E-state index in [0.717, 1.165) is 10.5 Å². The Labute approximate surface area is 254 Å². The highest BCUT2D eigenvalue weighted by molar-refractivity contribution is 6.07. The van der Waals surface area contributed by atoms with Crippen LogP contribution in [0.25, 0.3) is 5.76 Å². The highest BCUT2D eigenvalue weighted by Gasteiger charge is 2.52. The van der Waals surface area contributed by atoms with Gasteiger partial charge in [-0.1, -0.05) is 36.4 Å². The van der Waals surface area contributed by atoms with Gasteiger partial charge in [0.25, 0.3) is 0 Å². The summed E-state index contributed by atoms with van der Waals surface area (Å²) in [6.45, 7) is 0.00782. The summed E-state index contributed by atoms with van der Waals surface area (Å²) in [5.74, 6) is -0.940. The first-order valence-corrected chi connectivity index (χ1v) is 13.8. The van der Waals surface area contributed by atoms with Crippen molar-refractivity contribution in [2.45, 2.75) is 18.6 Å². The molecule has 2 heterocycles. The molecule has 0 aromatic heterocycles. The monoisotopic (exact) mass is 603 g/mol. The standard InChI is InChI=1S/C33H33NO10/c1-38-23-13-11-20(16-25(23)40-3)29-27(31(35)34-22(18-43-33(34)37)15-19-9-7-6-8-10-19)28(32(36)42-5)30(44-29)21-12-14-24(39-2)26(17-21)41-4/h6-14,16-17,22,27,29H,15,18H2,1-5H3/t22-,27+,29-/m0/s1. The van der Waals surface area contributed by atoms with Crippen LogP contribution in [0.5, 0.6) is 23.0 Å². The van der Waals surface area contributed by atoms with Gasteiger partial charge in [0, 0.05) is 5.56 Å². The molecule has 5 rings (SSSR count). The first kappa shape index (κ1) is 30.3. The van der Waals surface area contributed by atoms with Crippen LogP contribution < -0.4 is 18.9 Å². The third kappa shape index (κ3) is 5.60. The number of benzene rings is 3. The molecule has 0 spiro atoms. The minimum Gasteiger partial charge on any atom is -0.493 e. The first-order chi connectivity index (χ1) is 21.3. The van der Waals surface area contributed by atoms with Crippen molar-refractivity contribution in [3.05, 3.63) is 89.0 Å². The molecule has 11 heteroatoms. The van der Waals surface area contributed by atoms with Crippen LogP contribution in [-0.4, -0.2) is 71.1 Å². The van der Waals surface area contributed by atoms with Crippen molar-refractivity contribution in [3.63, 3.8) is 0 Å². The van der Waals surface area contributed by atoms with Gasteiger partial charge in [0.2, 0.25) is 5.91 Å². The maximum absolute atomic E-state index is 14.6. The van der Waals surface area contributed by atoms with Crippen molar-refractivity contribution in [2.75, 3.05) is 42.2 Å². The van der Waals surface area contributed by atoms with Crippen molar-refractivity contribution >= 4 is 23.7 Å². The highest BCUT2D eigenvalue weighted by atomic mass is 16.6. The van der Waals surface area contributed by atoms with Gasteiger partial charge >= 0.3 is 12.1 Å². The van der Waals surface area contributed by atoms with E-state index in [0.29, 0.717) is 40.5 Å². The van der Waals surface area contributed by atoms with E-state index in [1.165, 1.54) is 35.5 Å². The van der Waals surface area contributed by atoms with Crippen LogP contribution in [0.1, 0.15) is 22.8 Å². The Kier molecular flexibility index (Phi) is 8.94. The van der Waals surface area contributed by atoms with Gasteiger partial charge in [-0.25, -0.2) is 14.5 Å². The smallest absolute Gasteiger partial charge is 0.417 e. The molecule has 3 atom stereocenters. The Morgan fingerprint density at radius 3 is 2.09 bits per heavy atom. The summed E-state index contributed by atoms with van der Waals surface area (Å²) in [6.07, 6.45) is -1.48. The fourth-order valence-electron chi connectivity index (χ4n) is 5.54. The predicted molar refractivity (Wildman–Crippen MR) is 157 cm³/mol. The number of methoxy groups -OCH3 is 5. The Morgan fingerprint density at radius 2 is 1.45 bits per heavy atom. The lowest BCUT2D eigenvalue weighted by Crippen LogP contribution is -2.45. The normalized spacial score (nSPS) is 19.2. The van der Waals surface area contributed by atoms with Crippen molar-refractivity contribution in [1.82, 2.24) is 4.90 Å². The SMILES string of the molecule is COC(=O)C1=C(c2ccc(OC)c(OC)c2)O[C@@H](c2ccc(OC)c(OC)c2)[C@@H]1C(=O)N1C(=O)OC[C@@H]1Cc1ccccc1. The van der Waals surface area contributed by atoms with Crippen LogP contribution in [0.3, 0.4) is 0 Å². The average molecular weight is 604 g/mol. The van der Waals surface area contributed by atoms with E-state index < -0.39 is 36.0 Å². The van der Waals surface area contributed by atoms with Gasteiger partial charge in [0.1, 0.15) is 24.4 Å². The number of rotatable bonds is 10. The lowest BCUT2D eigenvalue weighted by molar-refractivity contribution is -0.141. The first-order valence-electron chi connectivity index (χ1n) is 13.8. The second kappa shape index (κ2) is 13.0. The van der Waals surface area contributed by atoms with Gasteiger partial charge in [0.05, 0.1) is 47.2 Å². The molecule has 0 unspecified atom stereocenters. The fourth-order valence-corrected chi connectivity index (χ4v) is 5.54. The number of hydrogen-bond acceptors (Lipinski definition) is 10. The molecule has 0 N–H and O–H groups in total. The van der Waals surface area contributed by atoms with Gasteiger partial charge in [-0.2, -0.15) is 0 Å². The number of esters is 1. The summed E-state index contributed by atoms with van der Waals surface area (Å²) in [4.78, 5) is 42.2. The molecule has 230 valence electrons. The van der Waals surface area contributed by atoms with Crippen LogP contribution in [0.15, 0.2) is 72.3 Å². The zero-order valence-corrected chi connectivity index (χ0v) is 25.0. The third-order valence-electron chi connectivity index (χ3n) is 7.67. The molecule has 3 aromatic rings. The zero-order chi connectivity index (χ0) is 31.4. The van der Waals surface area contributed by atoms with Crippen LogP contribution in [0, 0.1) is 5.92 Å². The zero-order valence-electron chi connectivity index (χ0n) is 25.0. The fraction of sp³-hybridized carbons (Fsp3) is 0.303. The van der Waals surface area contributed by atoms with E-state index in [2.05, 4.69) is 0 Å². The topological polar surface area (TPSA) is 119 Å². The number of ether oxygens (including phenoxy) is 7. The summed E-state index contributed by atoms with van der Waals surface area (Å²) in [7, 11) is 7.20. The number of imide groups is 1. The maximum atomic E-state index is 14.6. The van der Waals surface area contributed by atoms with Gasteiger partial charge < -0.3 is 33.2 Å². The molecular weight excluding hydrogens is 570 g/mol. The molecule has 0 bridgehead atoms. The number of nitrogens with zero attached hydrogens (tertiary/aromatic N) is 1. The number of carbonyl (C=O) groups is 3. The average Bonchev–Trinajstić information content (AvgIpc) is 3.64. The lowest BCUT2D eigenvalue weighted by atomic mass is 9.87. The van der Waals surface area contributed by atoms with E-state index >= 15 is 0 Å². The van der Waals surface area contributed by atoms with Crippen LogP contribution in [-0.2, 0) is 30.2 Å². The predicted octanol–water partition coefficient (Wildman–Crippen LogP) is 4.58. The number of carbonyl (C=O) groups excluding carboxylic acids is 3. The van der Waals surface area contributed by atoms with E-state index in [9.17, 15) is 14.4 Å². The van der Waals surface area contributed by atoms with Crippen LogP contribution in [0.4, 0.5) is 4.79 Å². The molecule has 0 aliphatic carbocycles. The van der Waals surface area contributed by atoms with E-state index in [1.54, 1.807) is 36.4 Å². The van der Waals surface area contributed by atoms with Crippen molar-refractivity contribution < 1.29 is 47.5 Å². The second-order valence-corrected chi connectivity index (χ2v) is 10.1. The molecule has 11 nitrogen and oxygen atoms in total.